The minimum atomic E-state index is -0.541. The predicted octanol–water partition coefficient (Wildman–Crippen LogP) is 2.32. The number of hydrogen-bond acceptors (Lipinski definition) is 4. The first-order valence-electron chi connectivity index (χ1n) is 6.15. The third-order valence-corrected chi connectivity index (χ3v) is 3.17. The molecule has 0 atom stereocenters. The maximum absolute atomic E-state index is 12.0. The van der Waals surface area contributed by atoms with Crippen LogP contribution in [0, 0.1) is 17.0 Å². The minimum absolute atomic E-state index is 0.132. The van der Waals surface area contributed by atoms with Crippen molar-refractivity contribution in [3.63, 3.8) is 0 Å². The molecule has 2 aromatic rings. The number of aromatic hydroxyl groups is 1. The molecule has 1 aromatic heterocycles. The van der Waals surface area contributed by atoms with Crippen LogP contribution in [0.25, 0.3) is 5.69 Å². The Balaban J connectivity index is 2.73. The van der Waals surface area contributed by atoms with Gasteiger partial charge in [-0.3, -0.25) is 14.9 Å². The summed E-state index contributed by atoms with van der Waals surface area (Å²) in [6.07, 6.45) is 0.562. The molecule has 6 heteroatoms. The summed E-state index contributed by atoms with van der Waals surface area (Å²) in [5.74, 6) is -0.169. The summed E-state index contributed by atoms with van der Waals surface area (Å²) >= 11 is 0. The van der Waals surface area contributed by atoms with E-state index in [1.165, 1.54) is 24.3 Å². The van der Waals surface area contributed by atoms with Crippen molar-refractivity contribution >= 4 is 5.69 Å². The fourth-order valence-electron chi connectivity index (χ4n) is 2.18. The van der Waals surface area contributed by atoms with Gasteiger partial charge in [-0.05, 0) is 25.0 Å². The number of rotatable bonds is 3. The fourth-order valence-corrected chi connectivity index (χ4v) is 2.18. The van der Waals surface area contributed by atoms with Gasteiger partial charge in [-0.15, -0.1) is 0 Å². The van der Waals surface area contributed by atoms with E-state index in [2.05, 4.69) is 0 Å². The Hall–Kier alpha value is -2.63. The summed E-state index contributed by atoms with van der Waals surface area (Å²) in [6.45, 7) is 3.61. The molecule has 0 amide bonds. The molecule has 0 fully saturated rings. The maximum atomic E-state index is 12.0. The average Bonchev–Trinajstić information content (AvgIpc) is 2.39. The van der Waals surface area contributed by atoms with Crippen LogP contribution in [0.5, 0.6) is 5.88 Å². The third-order valence-electron chi connectivity index (χ3n) is 3.17. The topological polar surface area (TPSA) is 85.4 Å². The standard InChI is InChI=1S/C14H14N2O4/c1-3-12-9(2)7-13(17)15(14(12)18)10-5-4-6-11(8-10)16(19)20/h4-8,18H,3H2,1-2H3. The number of pyridine rings is 1. The average molecular weight is 274 g/mol. The Morgan fingerprint density at radius 1 is 1.35 bits per heavy atom. The zero-order valence-electron chi connectivity index (χ0n) is 11.2. The second-order valence-corrected chi connectivity index (χ2v) is 4.43. The third kappa shape index (κ3) is 2.27. The summed E-state index contributed by atoms with van der Waals surface area (Å²) in [5, 5.41) is 21.0. The zero-order valence-corrected chi connectivity index (χ0v) is 11.2. The van der Waals surface area contributed by atoms with Crippen molar-refractivity contribution in [2.45, 2.75) is 20.3 Å². The highest BCUT2D eigenvalue weighted by atomic mass is 16.6. The van der Waals surface area contributed by atoms with E-state index in [-0.39, 0.29) is 17.3 Å². The second-order valence-electron chi connectivity index (χ2n) is 4.43. The van der Waals surface area contributed by atoms with E-state index < -0.39 is 10.5 Å². The van der Waals surface area contributed by atoms with Crippen LogP contribution in [0.2, 0.25) is 0 Å². The van der Waals surface area contributed by atoms with Crippen LogP contribution in [0.3, 0.4) is 0 Å². The molecule has 20 heavy (non-hydrogen) atoms. The SMILES string of the molecule is CCc1c(C)cc(=O)n(-c2cccc([N+](=O)[O-])c2)c1O. The van der Waals surface area contributed by atoms with Crippen molar-refractivity contribution in [2.75, 3.05) is 0 Å². The van der Waals surface area contributed by atoms with Crippen molar-refractivity contribution in [3.8, 4) is 11.6 Å². The molecule has 0 aliphatic heterocycles. The molecule has 0 radical (unpaired) electrons. The quantitative estimate of drug-likeness (QED) is 0.687. The van der Waals surface area contributed by atoms with Crippen molar-refractivity contribution in [1.82, 2.24) is 4.57 Å². The van der Waals surface area contributed by atoms with Gasteiger partial charge in [0.15, 0.2) is 0 Å². The van der Waals surface area contributed by atoms with Gasteiger partial charge < -0.3 is 5.11 Å². The molecule has 0 bridgehead atoms. The van der Waals surface area contributed by atoms with Crippen LogP contribution in [0.15, 0.2) is 35.1 Å². The highest BCUT2D eigenvalue weighted by Gasteiger charge is 2.15. The van der Waals surface area contributed by atoms with Crippen LogP contribution < -0.4 is 5.56 Å². The van der Waals surface area contributed by atoms with Crippen molar-refractivity contribution in [3.05, 3.63) is 61.9 Å². The summed E-state index contributed by atoms with van der Waals surface area (Å²) in [7, 11) is 0. The van der Waals surface area contributed by atoms with Crippen LogP contribution in [-0.4, -0.2) is 14.6 Å². The minimum Gasteiger partial charge on any atom is -0.494 e. The highest BCUT2D eigenvalue weighted by molar-refractivity contribution is 5.47. The summed E-state index contributed by atoms with van der Waals surface area (Å²) in [5.41, 5.74) is 1.08. The van der Waals surface area contributed by atoms with E-state index in [1.807, 2.05) is 6.92 Å². The monoisotopic (exact) mass is 274 g/mol. The molecule has 0 aliphatic rings. The van der Waals surface area contributed by atoms with Crippen LogP contribution in [-0.2, 0) is 6.42 Å². The molecular weight excluding hydrogens is 260 g/mol. The number of nitrogens with zero attached hydrogens (tertiary/aromatic N) is 2. The lowest BCUT2D eigenvalue weighted by atomic mass is 10.1. The van der Waals surface area contributed by atoms with Gasteiger partial charge in [0.2, 0.25) is 5.88 Å². The summed E-state index contributed by atoms with van der Waals surface area (Å²) in [6, 6.07) is 7.03. The molecule has 0 unspecified atom stereocenters. The maximum Gasteiger partial charge on any atom is 0.271 e. The van der Waals surface area contributed by atoms with E-state index in [0.717, 1.165) is 4.57 Å². The first kappa shape index (κ1) is 13.8. The fraction of sp³-hybridized carbons (Fsp3) is 0.214. The van der Waals surface area contributed by atoms with E-state index in [1.54, 1.807) is 13.0 Å². The normalized spacial score (nSPS) is 10.5. The first-order chi connectivity index (χ1) is 9.45. The van der Waals surface area contributed by atoms with Gasteiger partial charge in [0.25, 0.3) is 11.2 Å². The van der Waals surface area contributed by atoms with Gasteiger partial charge in [-0.2, -0.15) is 0 Å². The molecule has 0 saturated carbocycles. The smallest absolute Gasteiger partial charge is 0.271 e. The molecule has 0 aliphatic carbocycles. The van der Waals surface area contributed by atoms with Gasteiger partial charge in [0.1, 0.15) is 0 Å². The van der Waals surface area contributed by atoms with E-state index in [4.69, 9.17) is 0 Å². The number of aromatic nitrogens is 1. The molecule has 104 valence electrons. The van der Waals surface area contributed by atoms with Gasteiger partial charge in [0, 0.05) is 23.8 Å². The van der Waals surface area contributed by atoms with Crippen molar-refractivity contribution in [2.24, 2.45) is 0 Å². The van der Waals surface area contributed by atoms with Gasteiger partial charge in [0.05, 0.1) is 10.6 Å². The van der Waals surface area contributed by atoms with E-state index in [9.17, 15) is 20.0 Å². The number of non-ortho nitro benzene ring substituents is 1. The second kappa shape index (κ2) is 5.16. The molecule has 1 heterocycles. The number of benzene rings is 1. The van der Waals surface area contributed by atoms with Gasteiger partial charge in [-0.1, -0.05) is 13.0 Å². The molecule has 1 N–H and O–H groups in total. The van der Waals surface area contributed by atoms with Gasteiger partial charge in [-0.25, -0.2) is 4.57 Å². The molecule has 0 saturated heterocycles. The number of aryl methyl sites for hydroxylation is 1. The molecule has 2 rings (SSSR count). The van der Waals surface area contributed by atoms with E-state index >= 15 is 0 Å². The van der Waals surface area contributed by atoms with Crippen LogP contribution in [0.4, 0.5) is 5.69 Å². The zero-order chi connectivity index (χ0) is 14.9. The van der Waals surface area contributed by atoms with Crippen LogP contribution in [0.1, 0.15) is 18.1 Å². The summed E-state index contributed by atoms with van der Waals surface area (Å²) in [4.78, 5) is 22.3. The molecular formula is C14H14N2O4. The Bertz CT molecular complexity index is 734. The highest BCUT2D eigenvalue weighted by Crippen LogP contribution is 2.24. The number of nitro benzene ring substituents is 1. The Morgan fingerprint density at radius 3 is 2.65 bits per heavy atom. The van der Waals surface area contributed by atoms with Crippen molar-refractivity contribution < 1.29 is 10.0 Å². The molecule has 1 aromatic carbocycles. The Labute approximate surface area is 115 Å². The predicted molar refractivity (Wildman–Crippen MR) is 74.5 cm³/mol. The molecule has 0 spiro atoms. The lowest BCUT2D eigenvalue weighted by Gasteiger charge is -2.13. The lowest BCUT2D eigenvalue weighted by molar-refractivity contribution is -0.384. The number of hydrogen-bond donors (Lipinski definition) is 1. The largest absolute Gasteiger partial charge is 0.494 e. The Kier molecular flexibility index (Phi) is 3.56. The lowest BCUT2D eigenvalue weighted by Crippen LogP contribution is -2.19. The number of nitro groups is 1. The first-order valence-corrected chi connectivity index (χ1v) is 6.15. The van der Waals surface area contributed by atoms with Crippen LogP contribution >= 0.6 is 0 Å². The van der Waals surface area contributed by atoms with Gasteiger partial charge >= 0.3 is 0 Å². The Morgan fingerprint density at radius 2 is 2.05 bits per heavy atom. The van der Waals surface area contributed by atoms with E-state index in [0.29, 0.717) is 17.5 Å². The molecule has 6 nitrogen and oxygen atoms in total. The summed E-state index contributed by atoms with van der Waals surface area (Å²) < 4.78 is 1.08. The van der Waals surface area contributed by atoms with Crippen molar-refractivity contribution in [1.29, 1.82) is 0 Å².